The zero-order chi connectivity index (χ0) is 8.27. The maximum Gasteiger partial charge on any atom is 0.404 e. The standard InChI is InChI=1S/C6H9NO4/c8-5-2-1-4(3-11-5)7-6(9)10/h4,7H,1-3H2,(H,9,10)/t4-/m0/s1. The lowest BCUT2D eigenvalue weighted by Gasteiger charge is -2.20. The lowest BCUT2D eigenvalue weighted by molar-refractivity contribution is -0.147. The minimum atomic E-state index is -1.08. The van der Waals surface area contributed by atoms with Gasteiger partial charge in [0.2, 0.25) is 0 Å². The van der Waals surface area contributed by atoms with Crippen molar-refractivity contribution in [3.05, 3.63) is 0 Å². The van der Waals surface area contributed by atoms with Gasteiger partial charge in [0.15, 0.2) is 0 Å². The van der Waals surface area contributed by atoms with Crippen molar-refractivity contribution in [2.24, 2.45) is 0 Å². The first-order chi connectivity index (χ1) is 5.18. The number of rotatable bonds is 1. The van der Waals surface area contributed by atoms with Crippen LogP contribution in [0.4, 0.5) is 4.79 Å². The van der Waals surface area contributed by atoms with Gasteiger partial charge in [-0.2, -0.15) is 0 Å². The third kappa shape index (κ3) is 2.45. The molecule has 1 heterocycles. The summed E-state index contributed by atoms with van der Waals surface area (Å²) in [5.74, 6) is -0.256. The van der Waals surface area contributed by atoms with E-state index in [0.717, 1.165) is 0 Å². The van der Waals surface area contributed by atoms with Gasteiger partial charge in [-0.3, -0.25) is 4.79 Å². The van der Waals surface area contributed by atoms with Crippen molar-refractivity contribution in [3.8, 4) is 0 Å². The van der Waals surface area contributed by atoms with Crippen LogP contribution in [0.1, 0.15) is 12.8 Å². The van der Waals surface area contributed by atoms with Crippen LogP contribution in [-0.2, 0) is 9.53 Å². The molecule has 5 nitrogen and oxygen atoms in total. The Morgan fingerprint density at radius 3 is 2.91 bits per heavy atom. The van der Waals surface area contributed by atoms with Crippen LogP contribution in [-0.4, -0.2) is 29.8 Å². The Kier molecular flexibility index (Phi) is 2.30. The number of carbonyl (C=O) groups is 2. The topological polar surface area (TPSA) is 75.6 Å². The van der Waals surface area contributed by atoms with Gasteiger partial charge < -0.3 is 15.2 Å². The molecule has 1 fully saturated rings. The maximum absolute atomic E-state index is 10.5. The van der Waals surface area contributed by atoms with Crippen LogP contribution in [0.15, 0.2) is 0 Å². The van der Waals surface area contributed by atoms with Crippen LogP contribution in [0.3, 0.4) is 0 Å². The highest BCUT2D eigenvalue weighted by atomic mass is 16.5. The summed E-state index contributed by atoms with van der Waals surface area (Å²) in [6, 6.07) is -0.231. The minimum absolute atomic E-state index is 0.158. The molecule has 0 aromatic carbocycles. The number of carbonyl (C=O) groups excluding carboxylic acids is 1. The van der Waals surface area contributed by atoms with Gasteiger partial charge in [-0.15, -0.1) is 0 Å². The first-order valence-corrected chi connectivity index (χ1v) is 3.33. The van der Waals surface area contributed by atoms with Crippen molar-refractivity contribution in [1.29, 1.82) is 0 Å². The number of hydrogen-bond acceptors (Lipinski definition) is 3. The highest BCUT2D eigenvalue weighted by Crippen LogP contribution is 2.06. The monoisotopic (exact) mass is 159 g/mol. The summed E-state index contributed by atoms with van der Waals surface area (Å²) in [6.07, 6.45) is -0.247. The first kappa shape index (κ1) is 7.84. The van der Waals surface area contributed by atoms with Crippen molar-refractivity contribution >= 4 is 12.1 Å². The van der Waals surface area contributed by atoms with E-state index in [-0.39, 0.29) is 18.6 Å². The number of nitrogens with one attached hydrogen (secondary N) is 1. The fourth-order valence-electron chi connectivity index (χ4n) is 0.930. The average Bonchev–Trinajstić information content (AvgIpc) is 1.93. The fourth-order valence-corrected chi connectivity index (χ4v) is 0.930. The second-order valence-electron chi connectivity index (χ2n) is 2.37. The molecule has 2 N–H and O–H groups in total. The number of ether oxygens (including phenoxy) is 1. The smallest absolute Gasteiger partial charge is 0.404 e. The van der Waals surface area contributed by atoms with Gasteiger partial charge in [0, 0.05) is 6.42 Å². The van der Waals surface area contributed by atoms with E-state index >= 15 is 0 Å². The molecule has 0 aliphatic carbocycles. The molecular formula is C6H9NO4. The van der Waals surface area contributed by atoms with E-state index in [0.29, 0.717) is 12.8 Å². The summed E-state index contributed by atoms with van der Waals surface area (Å²) in [5, 5.41) is 10.5. The zero-order valence-corrected chi connectivity index (χ0v) is 5.87. The van der Waals surface area contributed by atoms with Crippen LogP contribution in [0.5, 0.6) is 0 Å². The average molecular weight is 159 g/mol. The minimum Gasteiger partial charge on any atom is -0.465 e. The van der Waals surface area contributed by atoms with Crippen LogP contribution in [0.25, 0.3) is 0 Å². The second kappa shape index (κ2) is 3.23. The van der Waals surface area contributed by atoms with Gasteiger partial charge in [0.1, 0.15) is 6.61 Å². The summed E-state index contributed by atoms with van der Waals surface area (Å²) < 4.78 is 4.63. The van der Waals surface area contributed by atoms with Crippen LogP contribution in [0.2, 0.25) is 0 Å². The lowest BCUT2D eigenvalue weighted by Crippen LogP contribution is -2.41. The molecule has 1 aliphatic heterocycles. The van der Waals surface area contributed by atoms with Crippen molar-refractivity contribution < 1.29 is 19.4 Å². The molecule has 62 valence electrons. The molecular weight excluding hydrogens is 150 g/mol. The van der Waals surface area contributed by atoms with Crippen molar-refractivity contribution in [1.82, 2.24) is 5.32 Å². The van der Waals surface area contributed by atoms with Gasteiger partial charge in [-0.05, 0) is 6.42 Å². The Balaban J connectivity index is 2.28. The molecule has 0 aromatic rings. The molecule has 0 unspecified atom stereocenters. The highest BCUT2D eigenvalue weighted by Gasteiger charge is 2.20. The van der Waals surface area contributed by atoms with Crippen molar-refractivity contribution in [2.45, 2.75) is 18.9 Å². The highest BCUT2D eigenvalue weighted by molar-refractivity contribution is 5.71. The molecule has 0 spiro atoms. The fraction of sp³-hybridized carbons (Fsp3) is 0.667. The Bertz CT molecular complexity index is 169. The quantitative estimate of drug-likeness (QED) is 0.526. The molecule has 0 saturated carbocycles. The molecule has 1 aliphatic rings. The normalized spacial score (nSPS) is 24.0. The molecule has 0 radical (unpaired) electrons. The summed E-state index contributed by atoms with van der Waals surface area (Å²) >= 11 is 0. The molecule has 1 saturated heterocycles. The van der Waals surface area contributed by atoms with Crippen LogP contribution < -0.4 is 5.32 Å². The van der Waals surface area contributed by atoms with E-state index in [1.165, 1.54) is 0 Å². The number of esters is 1. The summed E-state index contributed by atoms with van der Waals surface area (Å²) in [7, 11) is 0. The van der Waals surface area contributed by atoms with Gasteiger partial charge >= 0.3 is 12.1 Å². The van der Waals surface area contributed by atoms with E-state index < -0.39 is 6.09 Å². The van der Waals surface area contributed by atoms with Gasteiger partial charge in [-0.25, -0.2) is 4.79 Å². The maximum atomic E-state index is 10.5. The molecule has 0 bridgehead atoms. The SMILES string of the molecule is O=C(O)N[C@H]1CCC(=O)OC1. The number of amides is 1. The van der Waals surface area contributed by atoms with Gasteiger partial charge in [-0.1, -0.05) is 0 Å². The van der Waals surface area contributed by atoms with Crippen molar-refractivity contribution in [2.75, 3.05) is 6.61 Å². The largest absolute Gasteiger partial charge is 0.465 e. The molecule has 11 heavy (non-hydrogen) atoms. The van der Waals surface area contributed by atoms with Gasteiger partial charge in [0.25, 0.3) is 0 Å². The van der Waals surface area contributed by atoms with E-state index in [1.807, 2.05) is 0 Å². The summed E-state index contributed by atoms with van der Waals surface area (Å²) in [4.78, 5) is 20.6. The Hall–Kier alpha value is -1.26. The Morgan fingerprint density at radius 1 is 1.73 bits per heavy atom. The predicted octanol–water partition coefficient (Wildman–Crippen LogP) is -0.0404. The molecule has 0 aromatic heterocycles. The summed E-state index contributed by atoms with van der Waals surface area (Å²) in [6.45, 7) is 0.158. The number of cyclic esters (lactones) is 1. The number of hydrogen-bond donors (Lipinski definition) is 2. The Morgan fingerprint density at radius 2 is 2.45 bits per heavy atom. The van der Waals surface area contributed by atoms with Crippen LogP contribution >= 0.6 is 0 Å². The van der Waals surface area contributed by atoms with E-state index in [9.17, 15) is 9.59 Å². The molecule has 5 heteroatoms. The van der Waals surface area contributed by atoms with E-state index in [2.05, 4.69) is 10.1 Å². The summed E-state index contributed by atoms with van der Waals surface area (Å²) in [5.41, 5.74) is 0. The number of carboxylic acid groups (broad SMARTS) is 1. The second-order valence-corrected chi connectivity index (χ2v) is 2.37. The molecule has 1 atom stereocenters. The zero-order valence-electron chi connectivity index (χ0n) is 5.87. The van der Waals surface area contributed by atoms with E-state index in [1.54, 1.807) is 0 Å². The van der Waals surface area contributed by atoms with Crippen molar-refractivity contribution in [3.63, 3.8) is 0 Å². The molecule has 1 rings (SSSR count). The predicted molar refractivity (Wildman–Crippen MR) is 35.1 cm³/mol. The van der Waals surface area contributed by atoms with E-state index in [4.69, 9.17) is 5.11 Å². The van der Waals surface area contributed by atoms with Gasteiger partial charge in [0.05, 0.1) is 6.04 Å². The van der Waals surface area contributed by atoms with Crippen LogP contribution in [0, 0.1) is 0 Å². The third-order valence-corrected chi connectivity index (χ3v) is 1.47. The third-order valence-electron chi connectivity index (χ3n) is 1.47. The first-order valence-electron chi connectivity index (χ1n) is 3.33. The lowest BCUT2D eigenvalue weighted by atomic mass is 10.1. The molecule has 1 amide bonds. The Labute approximate surface area is 63.3 Å².